The van der Waals surface area contributed by atoms with E-state index >= 15 is 0 Å². The molecular weight excluding hydrogens is 476 g/mol. The third-order valence-electron chi connectivity index (χ3n) is 6.50. The predicted octanol–water partition coefficient (Wildman–Crippen LogP) is 4.21. The highest BCUT2D eigenvalue weighted by Crippen LogP contribution is 2.43. The molecule has 0 bridgehead atoms. The number of amides is 2. The number of methoxy groups -OCH3 is 3. The van der Waals surface area contributed by atoms with Crippen LogP contribution in [0.5, 0.6) is 28.7 Å². The first-order valence-electron chi connectivity index (χ1n) is 11.9. The number of carbonyl (C=O) groups is 2. The van der Waals surface area contributed by atoms with Crippen LogP contribution in [0.4, 0.5) is 5.69 Å². The van der Waals surface area contributed by atoms with Crippen molar-refractivity contribution >= 4 is 17.5 Å². The average molecular weight is 505 g/mol. The maximum Gasteiger partial charge on any atom is 0.255 e. The number of carbonyl (C=O) groups excluding carboxylic acids is 2. The number of anilines is 1. The van der Waals surface area contributed by atoms with Crippen LogP contribution in [0.3, 0.4) is 0 Å². The van der Waals surface area contributed by atoms with Crippen LogP contribution in [0.15, 0.2) is 54.6 Å². The van der Waals surface area contributed by atoms with E-state index in [1.54, 1.807) is 41.3 Å². The zero-order chi connectivity index (χ0) is 25.9. The van der Waals surface area contributed by atoms with Gasteiger partial charge in [-0.1, -0.05) is 18.2 Å². The van der Waals surface area contributed by atoms with E-state index < -0.39 is 6.04 Å². The second-order valence-corrected chi connectivity index (χ2v) is 8.68. The molecule has 9 heteroatoms. The van der Waals surface area contributed by atoms with Crippen molar-refractivity contribution in [3.05, 3.63) is 71.3 Å². The lowest BCUT2D eigenvalue weighted by Crippen LogP contribution is -2.32. The molecule has 9 nitrogen and oxygen atoms in total. The minimum atomic E-state index is -0.592. The summed E-state index contributed by atoms with van der Waals surface area (Å²) < 4.78 is 27.7. The van der Waals surface area contributed by atoms with Crippen molar-refractivity contribution in [2.75, 3.05) is 39.9 Å². The number of nitrogens with zero attached hydrogens (tertiary/aromatic N) is 1. The van der Waals surface area contributed by atoms with Gasteiger partial charge in [0.05, 0.1) is 33.8 Å². The molecule has 0 fully saturated rings. The molecule has 0 aliphatic carbocycles. The molecule has 1 N–H and O–H groups in total. The minimum Gasteiger partial charge on any atom is -0.493 e. The largest absolute Gasteiger partial charge is 0.493 e. The van der Waals surface area contributed by atoms with Crippen molar-refractivity contribution in [2.24, 2.45) is 0 Å². The fraction of sp³-hybridized carbons (Fsp3) is 0.286. The molecule has 37 heavy (non-hydrogen) atoms. The van der Waals surface area contributed by atoms with E-state index in [9.17, 15) is 9.59 Å². The standard InChI is InChI=1S/C28H28N2O7/c1-33-24-12-18(13-25(34-2)27(24)35-3)21(30-16-17-6-4-5-7-20(17)28(30)32)15-26(31)29-19-8-9-22-23(14-19)37-11-10-36-22/h4-9,12-14,21H,10-11,15-16H2,1-3H3,(H,29,31)/t21-/m1/s1. The molecule has 0 unspecified atom stereocenters. The Kier molecular flexibility index (Phi) is 6.76. The Morgan fingerprint density at radius 2 is 1.65 bits per heavy atom. The predicted molar refractivity (Wildman–Crippen MR) is 136 cm³/mol. The van der Waals surface area contributed by atoms with Gasteiger partial charge in [0.15, 0.2) is 23.0 Å². The summed E-state index contributed by atoms with van der Waals surface area (Å²) in [7, 11) is 4.59. The van der Waals surface area contributed by atoms with Gasteiger partial charge in [-0.25, -0.2) is 0 Å². The summed E-state index contributed by atoms with van der Waals surface area (Å²) in [6, 6.07) is 15.7. The fourth-order valence-corrected chi connectivity index (χ4v) is 4.74. The van der Waals surface area contributed by atoms with Gasteiger partial charge in [-0.15, -0.1) is 0 Å². The Balaban J connectivity index is 1.47. The van der Waals surface area contributed by atoms with Crippen molar-refractivity contribution in [3.8, 4) is 28.7 Å². The van der Waals surface area contributed by atoms with E-state index in [2.05, 4.69) is 5.32 Å². The first-order chi connectivity index (χ1) is 18.0. The van der Waals surface area contributed by atoms with Crippen LogP contribution >= 0.6 is 0 Å². The molecule has 5 rings (SSSR count). The SMILES string of the molecule is COc1cc([C@@H](CC(=O)Nc2ccc3c(c2)OCCO3)N2Cc3ccccc3C2=O)cc(OC)c1OC. The molecule has 0 saturated heterocycles. The summed E-state index contributed by atoms with van der Waals surface area (Å²) in [5.74, 6) is 2.14. The van der Waals surface area contributed by atoms with Crippen LogP contribution in [0.1, 0.15) is 33.9 Å². The number of fused-ring (bicyclic) bond motifs is 2. The molecule has 2 heterocycles. The molecular formula is C28H28N2O7. The first kappa shape index (κ1) is 24.3. The quantitative estimate of drug-likeness (QED) is 0.491. The second-order valence-electron chi connectivity index (χ2n) is 8.68. The van der Waals surface area contributed by atoms with Crippen LogP contribution in [-0.4, -0.2) is 51.3 Å². The van der Waals surface area contributed by atoms with Gasteiger partial charge in [0, 0.05) is 23.9 Å². The number of hydrogen-bond donors (Lipinski definition) is 1. The van der Waals surface area contributed by atoms with Crippen molar-refractivity contribution in [1.29, 1.82) is 0 Å². The molecule has 2 aliphatic heterocycles. The average Bonchev–Trinajstić information content (AvgIpc) is 3.26. The zero-order valence-electron chi connectivity index (χ0n) is 20.9. The number of nitrogens with one attached hydrogen (secondary N) is 1. The Morgan fingerprint density at radius 1 is 0.946 bits per heavy atom. The summed E-state index contributed by atoms with van der Waals surface area (Å²) >= 11 is 0. The Bertz CT molecular complexity index is 1310. The van der Waals surface area contributed by atoms with Gasteiger partial charge in [0.2, 0.25) is 11.7 Å². The van der Waals surface area contributed by atoms with Gasteiger partial charge in [-0.2, -0.15) is 0 Å². The summed E-state index contributed by atoms with van der Waals surface area (Å²) in [5.41, 5.74) is 2.81. The van der Waals surface area contributed by atoms with E-state index in [0.29, 0.717) is 65.3 Å². The Labute approximate surface area is 214 Å². The van der Waals surface area contributed by atoms with Gasteiger partial charge in [0.25, 0.3) is 5.91 Å². The van der Waals surface area contributed by atoms with E-state index in [4.69, 9.17) is 23.7 Å². The minimum absolute atomic E-state index is 0.00675. The highest BCUT2D eigenvalue weighted by atomic mass is 16.6. The van der Waals surface area contributed by atoms with Gasteiger partial charge >= 0.3 is 0 Å². The molecule has 3 aromatic carbocycles. The summed E-state index contributed by atoms with van der Waals surface area (Å²) in [4.78, 5) is 28.4. The topological polar surface area (TPSA) is 95.6 Å². The summed E-state index contributed by atoms with van der Waals surface area (Å²) in [6.07, 6.45) is 0.00675. The number of rotatable bonds is 8. The highest BCUT2D eigenvalue weighted by molar-refractivity contribution is 5.99. The lowest BCUT2D eigenvalue weighted by molar-refractivity contribution is -0.117. The molecule has 1 atom stereocenters. The maximum absolute atomic E-state index is 13.4. The lowest BCUT2D eigenvalue weighted by Gasteiger charge is -2.29. The molecule has 0 saturated carbocycles. The number of ether oxygens (including phenoxy) is 5. The monoisotopic (exact) mass is 504 g/mol. The van der Waals surface area contributed by atoms with Crippen LogP contribution in [0.2, 0.25) is 0 Å². The molecule has 192 valence electrons. The third kappa shape index (κ3) is 4.72. The zero-order valence-corrected chi connectivity index (χ0v) is 20.9. The van der Waals surface area contributed by atoms with Gasteiger partial charge in [-0.3, -0.25) is 9.59 Å². The normalized spacial score (nSPS) is 14.6. The molecule has 3 aromatic rings. The third-order valence-corrected chi connectivity index (χ3v) is 6.50. The van der Waals surface area contributed by atoms with E-state index in [1.165, 1.54) is 21.3 Å². The van der Waals surface area contributed by atoms with E-state index in [1.807, 2.05) is 18.2 Å². The van der Waals surface area contributed by atoms with Crippen molar-refractivity contribution in [2.45, 2.75) is 19.0 Å². The van der Waals surface area contributed by atoms with Crippen molar-refractivity contribution < 1.29 is 33.3 Å². The Morgan fingerprint density at radius 3 is 2.32 bits per heavy atom. The lowest BCUT2D eigenvalue weighted by atomic mass is 10.00. The maximum atomic E-state index is 13.4. The summed E-state index contributed by atoms with van der Waals surface area (Å²) in [5, 5.41) is 2.93. The molecule has 2 amide bonds. The number of hydrogen-bond acceptors (Lipinski definition) is 7. The van der Waals surface area contributed by atoms with Gasteiger partial charge < -0.3 is 33.9 Å². The van der Waals surface area contributed by atoms with Crippen LogP contribution in [0, 0.1) is 0 Å². The molecule has 0 aromatic heterocycles. The first-order valence-corrected chi connectivity index (χ1v) is 11.9. The molecule has 0 spiro atoms. The molecule has 0 radical (unpaired) electrons. The van der Waals surface area contributed by atoms with Crippen molar-refractivity contribution in [3.63, 3.8) is 0 Å². The van der Waals surface area contributed by atoms with E-state index in [0.717, 1.165) is 5.56 Å². The van der Waals surface area contributed by atoms with Crippen LogP contribution in [-0.2, 0) is 11.3 Å². The smallest absolute Gasteiger partial charge is 0.255 e. The fourth-order valence-electron chi connectivity index (χ4n) is 4.74. The van der Waals surface area contributed by atoms with Gasteiger partial charge in [0.1, 0.15) is 13.2 Å². The van der Waals surface area contributed by atoms with E-state index in [-0.39, 0.29) is 18.2 Å². The number of benzene rings is 3. The second kappa shape index (κ2) is 10.3. The van der Waals surface area contributed by atoms with Crippen LogP contribution in [0.25, 0.3) is 0 Å². The molecule has 2 aliphatic rings. The van der Waals surface area contributed by atoms with Crippen LogP contribution < -0.4 is 29.0 Å². The summed E-state index contributed by atoms with van der Waals surface area (Å²) in [6.45, 7) is 1.32. The Hall–Kier alpha value is -4.40. The van der Waals surface area contributed by atoms with Crippen molar-refractivity contribution in [1.82, 2.24) is 4.90 Å². The van der Waals surface area contributed by atoms with Gasteiger partial charge in [-0.05, 0) is 41.5 Å². The highest BCUT2D eigenvalue weighted by Gasteiger charge is 2.35.